The zero-order chi connectivity index (χ0) is 20.4. The van der Waals surface area contributed by atoms with Crippen molar-refractivity contribution in [3.8, 4) is 33.8 Å². The summed E-state index contributed by atoms with van der Waals surface area (Å²) >= 11 is 0. The molecule has 31 heavy (non-hydrogen) atoms. The van der Waals surface area contributed by atoms with E-state index in [0.717, 1.165) is 33.8 Å². The molecule has 0 spiro atoms. The number of nitrogens with zero attached hydrogens (tertiary/aromatic N) is 3. The molecule has 0 saturated heterocycles. The Kier molecular flexibility index (Phi) is 8.36. The van der Waals surface area contributed by atoms with Crippen LogP contribution in [0, 0.1) is 12.1 Å². The Bertz CT molecular complexity index is 1050. The maximum atomic E-state index is 4.45. The fraction of sp³-hybridized carbons (Fsp3) is 0. The molecule has 0 bridgehead atoms. The largest absolute Gasteiger partial charge is 0.305 e. The van der Waals surface area contributed by atoms with Crippen LogP contribution in [0.1, 0.15) is 0 Å². The van der Waals surface area contributed by atoms with Crippen LogP contribution in [-0.2, 0) is 20.1 Å². The van der Waals surface area contributed by atoms with Gasteiger partial charge < -0.3 is 9.97 Å². The van der Waals surface area contributed by atoms with Crippen LogP contribution < -0.4 is 0 Å². The van der Waals surface area contributed by atoms with Crippen LogP contribution in [0.2, 0.25) is 0 Å². The van der Waals surface area contributed by atoms with Crippen molar-refractivity contribution >= 4 is 0 Å². The average molecular weight is 578 g/mol. The van der Waals surface area contributed by atoms with Crippen LogP contribution in [0.5, 0.6) is 0 Å². The first kappa shape index (κ1) is 22.2. The van der Waals surface area contributed by atoms with E-state index in [1.54, 1.807) is 12.4 Å². The molecule has 4 heteroatoms. The summed E-state index contributed by atoms with van der Waals surface area (Å²) in [4.78, 5) is 13.0. The number of benzene rings is 2. The van der Waals surface area contributed by atoms with E-state index in [0.29, 0.717) is 0 Å². The van der Waals surface area contributed by atoms with Gasteiger partial charge in [-0.05, 0) is 29.6 Å². The number of hydrogen-bond acceptors (Lipinski definition) is 3. The minimum atomic E-state index is 0. The predicted octanol–water partition coefficient (Wildman–Crippen LogP) is 6.16. The Morgan fingerprint density at radius 3 is 1.48 bits per heavy atom. The minimum Gasteiger partial charge on any atom is -0.305 e. The summed E-state index contributed by atoms with van der Waals surface area (Å²) in [5, 5.41) is 0. The monoisotopic (exact) mass is 578 g/mol. The van der Waals surface area contributed by atoms with E-state index in [9.17, 15) is 0 Å². The Balaban J connectivity index is 0.000000183. The van der Waals surface area contributed by atoms with Gasteiger partial charge in [0.25, 0.3) is 0 Å². The summed E-state index contributed by atoms with van der Waals surface area (Å²) in [5.74, 6) is 0. The van der Waals surface area contributed by atoms with Crippen molar-refractivity contribution in [2.24, 2.45) is 0 Å². The molecule has 5 rings (SSSR count). The molecule has 5 aromatic rings. The molecule has 2 aromatic carbocycles. The van der Waals surface area contributed by atoms with Gasteiger partial charge in [0.2, 0.25) is 0 Å². The van der Waals surface area contributed by atoms with Crippen LogP contribution in [0.3, 0.4) is 0 Å². The van der Waals surface area contributed by atoms with Crippen molar-refractivity contribution in [3.63, 3.8) is 0 Å². The molecule has 0 aliphatic rings. The van der Waals surface area contributed by atoms with Crippen LogP contribution in [0.15, 0.2) is 116 Å². The van der Waals surface area contributed by atoms with E-state index < -0.39 is 0 Å². The average Bonchev–Trinajstić information content (AvgIpc) is 2.87. The summed E-state index contributed by atoms with van der Waals surface area (Å²) < 4.78 is 0. The normalized spacial score (nSPS) is 9.68. The number of aromatic nitrogens is 3. The zero-order valence-corrected chi connectivity index (χ0v) is 19.0. The SMILES string of the molecule is [Ir].[c-]1ccccc1-c1ccc(-c2ccccn2)cn1.[c-]1ccccc1-c1ccccn1. The summed E-state index contributed by atoms with van der Waals surface area (Å²) in [5.41, 5.74) is 5.90. The molecular weight excluding hydrogens is 559 g/mol. The predicted molar refractivity (Wildman–Crippen MR) is 120 cm³/mol. The molecule has 0 unspecified atom stereocenters. The van der Waals surface area contributed by atoms with Gasteiger partial charge in [0.1, 0.15) is 0 Å². The van der Waals surface area contributed by atoms with Crippen molar-refractivity contribution in [2.75, 3.05) is 0 Å². The maximum Gasteiger partial charge on any atom is 0.0716 e. The summed E-state index contributed by atoms with van der Waals surface area (Å²) in [7, 11) is 0. The molecule has 0 atom stereocenters. The minimum absolute atomic E-state index is 0. The smallest absolute Gasteiger partial charge is 0.0716 e. The van der Waals surface area contributed by atoms with Gasteiger partial charge in [-0.1, -0.05) is 30.3 Å². The molecule has 153 valence electrons. The third kappa shape index (κ3) is 6.26. The van der Waals surface area contributed by atoms with E-state index in [2.05, 4.69) is 27.1 Å². The number of rotatable bonds is 3. The van der Waals surface area contributed by atoms with Gasteiger partial charge in [-0.2, -0.15) is 0 Å². The molecule has 3 aromatic heterocycles. The Morgan fingerprint density at radius 1 is 0.484 bits per heavy atom. The molecule has 0 saturated carbocycles. The summed E-state index contributed by atoms with van der Waals surface area (Å²) in [6.45, 7) is 0. The van der Waals surface area contributed by atoms with Gasteiger partial charge in [-0.15, -0.1) is 71.8 Å². The van der Waals surface area contributed by atoms with Crippen LogP contribution >= 0.6 is 0 Å². The number of hydrogen-bond donors (Lipinski definition) is 0. The third-order valence-electron chi connectivity index (χ3n) is 4.36. The van der Waals surface area contributed by atoms with E-state index >= 15 is 0 Å². The van der Waals surface area contributed by atoms with Crippen LogP contribution in [-0.4, -0.2) is 15.0 Å². The fourth-order valence-corrected chi connectivity index (χ4v) is 2.87. The fourth-order valence-electron chi connectivity index (χ4n) is 2.87. The molecular formula is C27H19IrN3-2. The molecule has 0 fully saturated rings. The summed E-state index contributed by atoms with van der Waals surface area (Å²) in [6.07, 6.45) is 5.42. The van der Waals surface area contributed by atoms with Gasteiger partial charge in [0.05, 0.1) is 5.69 Å². The standard InChI is InChI=1S/C16H11N2.C11H8N.Ir/c1-2-6-13(7-3-1)16-10-9-14(12-18-16)15-8-4-5-11-17-15;1-2-6-10(7-3-1)11-8-4-5-9-12-11;/h1-6,8-12H;1-6,8-9H;/q2*-1;. The van der Waals surface area contributed by atoms with E-state index in [1.165, 1.54) is 0 Å². The number of pyridine rings is 3. The molecule has 3 nitrogen and oxygen atoms in total. The Labute approximate surface area is 196 Å². The van der Waals surface area contributed by atoms with Crippen molar-refractivity contribution in [2.45, 2.75) is 0 Å². The second kappa shape index (κ2) is 11.7. The van der Waals surface area contributed by atoms with E-state index in [-0.39, 0.29) is 20.1 Å². The van der Waals surface area contributed by atoms with Gasteiger partial charge in [0, 0.05) is 44.3 Å². The quantitative estimate of drug-likeness (QED) is 0.241. The molecule has 0 aliphatic heterocycles. The second-order valence-corrected chi connectivity index (χ2v) is 6.41. The van der Waals surface area contributed by atoms with Crippen molar-refractivity contribution in [1.29, 1.82) is 0 Å². The molecule has 0 N–H and O–H groups in total. The molecule has 0 aliphatic carbocycles. The molecule has 0 amide bonds. The van der Waals surface area contributed by atoms with Gasteiger partial charge in [-0.25, -0.2) is 0 Å². The second-order valence-electron chi connectivity index (χ2n) is 6.41. The zero-order valence-electron chi connectivity index (χ0n) is 16.6. The van der Waals surface area contributed by atoms with Gasteiger partial charge >= 0.3 is 0 Å². The van der Waals surface area contributed by atoms with Crippen molar-refractivity contribution < 1.29 is 20.1 Å². The van der Waals surface area contributed by atoms with Gasteiger partial charge in [0.15, 0.2) is 0 Å². The molecule has 1 radical (unpaired) electrons. The first-order valence-corrected chi connectivity index (χ1v) is 9.63. The van der Waals surface area contributed by atoms with Crippen molar-refractivity contribution in [1.82, 2.24) is 15.0 Å². The van der Waals surface area contributed by atoms with Crippen molar-refractivity contribution in [3.05, 3.63) is 128 Å². The molecule has 3 heterocycles. The Morgan fingerprint density at radius 2 is 1.03 bits per heavy atom. The summed E-state index contributed by atoms with van der Waals surface area (Å²) in [6, 6.07) is 37.7. The third-order valence-corrected chi connectivity index (χ3v) is 4.36. The van der Waals surface area contributed by atoms with E-state index in [4.69, 9.17) is 0 Å². The van der Waals surface area contributed by atoms with Crippen LogP contribution in [0.4, 0.5) is 0 Å². The van der Waals surface area contributed by atoms with E-state index in [1.807, 2.05) is 103 Å². The topological polar surface area (TPSA) is 38.7 Å². The first-order chi connectivity index (χ1) is 14.9. The first-order valence-electron chi connectivity index (χ1n) is 9.63. The maximum absolute atomic E-state index is 4.45. The Hall–Kier alpha value is -3.46. The van der Waals surface area contributed by atoms with Crippen LogP contribution in [0.25, 0.3) is 33.8 Å². The van der Waals surface area contributed by atoms with Gasteiger partial charge in [-0.3, -0.25) is 4.98 Å².